The van der Waals surface area contributed by atoms with Gasteiger partial charge in [-0.2, -0.15) is 0 Å². The fourth-order valence-corrected chi connectivity index (χ4v) is 13.8. The van der Waals surface area contributed by atoms with E-state index in [1.165, 1.54) is 140 Å². The number of hydrogen-bond acceptors (Lipinski definition) is 2. The normalized spacial score (nSPS) is 18.9. The minimum atomic E-state index is 0.0189. The van der Waals surface area contributed by atoms with E-state index in [0.717, 1.165) is 0 Å². The van der Waals surface area contributed by atoms with Crippen LogP contribution in [0.2, 0.25) is 0 Å². The van der Waals surface area contributed by atoms with Crippen molar-refractivity contribution in [2.45, 2.75) is 103 Å². The fourth-order valence-electron chi connectivity index (χ4n) is 12.5. The number of fused-ring (bicyclic) bond motifs is 15. The van der Waals surface area contributed by atoms with Crippen molar-refractivity contribution < 1.29 is 0 Å². The second kappa shape index (κ2) is 11.3. The van der Waals surface area contributed by atoms with Crippen LogP contribution in [0.15, 0.2) is 115 Å². The molecule has 4 heteroatoms. The van der Waals surface area contributed by atoms with Gasteiger partial charge >= 0.3 is 6.85 Å². The zero-order valence-electron chi connectivity index (χ0n) is 36.2. The Balaban J connectivity index is 1.22. The van der Waals surface area contributed by atoms with Gasteiger partial charge in [-0.05, 0) is 139 Å². The maximum atomic E-state index is 2.77. The van der Waals surface area contributed by atoms with Crippen molar-refractivity contribution in [3.63, 3.8) is 0 Å². The Morgan fingerprint density at radius 2 is 1.17 bits per heavy atom. The predicted octanol–water partition coefficient (Wildman–Crippen LogP) is 14.4. The van der Waals surface area contributed by atoms with E-state index in [2.05, 4.69) is 191 Å². The monoisotopic (exact) mass is 794 g/mol. The molecule has 60 heavy (non-hydrogen) atoms. The third kappa shape index (κ3) is 4.41. The summed E-state index contributed by atoms with van der Waals surface area (Å²) in [5, 5.41) is 9.38. The SMILES string of the molecule is CC1(C)CCC(C)(C)c2cc(N3c4cc5ccccc5c5c4B(c4sc6cc7c(cc6c43)C(C)(C)CCC7(C)C)n3c4ccc6ccccc6c4c4cccc-5c43)ccc21. The van der Waals surface area contributed by atoms with Crippen molar-refractivity contribution in [2.24, 2.45) is 0 Å². The highest BCUT2D eigenvalue weighted by Crippen LogP contribution is 2.55. The molecule has 0 radical (unpaired) electrons. The van der Waals surface area contributed by atoms with Crippen LogP contribution in [0.1, 0.15) is 103 Å². The van der Waals surface area contributed by atoms with E-state index in [-0.39, 0.29) is 28.5 Å². The lowest BCUT2D eigenvalue weighted by atomic mass is 9.48. The molecule has 294 valence electrons. The number of aromatic nitrogens is 1. The molecule has 2 nitrogen and oxygen atoms in total. The van der Waals surface area contributed by atoms with Gasteiger partial charge in [0.1, 0.15) is 0 Å². The van der Waals surface area contributed by atoms with Gasteiger partial charge < -0.3 is 9.38 Å². The van der Waals surface area contributed by atoms with Crippen molar-refractivity contribution in [3.05, 3.63) is 138 Å². The molecule has 0 N–H and O–H groups in total. The highest BCUT2D eigenvalue weighted by molar-refractivity contribution is 7.32. The van der Waals surface area contributed by atoms with Gasteiger partial charge in [0.05, 0.1) is 5.69 Å². The second-order valence-corrected chi connectivity index (χ2v) is 22.5. The van der Waals surface area contributed by atoms with Crippen LogP contribution < -0.4 is 15.1 Å². The van der Waals surface area contributed by atoms with Crippen LogP contribution in [-0.4, -0.2) is 11.3 Å². The van der Waals surface area contributed by atoms with Crippen LogP contribution in [0.5, 0.6) is 0 Å². The molecule has 0 spiro atoms. The molecule has 0 amide bonds. The van der Waals surface area contributed by atoms with Crippen LogP contribution in [0.25, 0.3) is 64.6 Å². The summed E-state index contributed by atoms with van der Waals surface area (Å²) in [6.07, 6.45) is 4.80. The van der Waals surface area contributed by atoms with Crippen LogP contribution in [0.4, 0.5) is 17.1 Å². The molecule has 13 rings (SSSR count). The number of anilines is 3. The molecule has 0 saturated carbocycles. The molecule has 7 aromatic carbocycles. The van der Waals surface area contributed by atoms with E-state index >= 15 is 0 Å². The third-order valence-electron chi connectivity index (χ3n) is 16.1. The smallest absolute Gasteiger partial charge is 0.343 e. The molecule has 2 aliphatic heterocycles. The lowest BCUT2D eigenvalue weighted by Gasteiger charge is -2.44. The van der Waals surface area contributed by atoms with E-state index in [4.69, 9.17) is 0 Å². The first-order valence-corrected chi connectivity index (χ1v) is 23.1. The van der Waals surface area contributed by atoms with Gasteiger partial charge in [0, 0.05) is 53.6 Å². The molecule has 0 bridgehead atoms. The molecule has 9 aromatic rings. The standard InChI is InChI=1S/C56H51BN2S/c1-53(2)24-25-54(3,4)41-29-34(21-22-40(41)53)58-45-28-33-15-10-12-17-36(33)48-38-19-13-18-37-47-35-16-11-9-14-32(35)20-23-44(47)59(50(37)38)57(49(45)48)52-51(58)39-30-42-43(31-46(39)60-52)56(7,8)27-26-55(42,5)6/h9-23,28-31H,24-27H2,1-8H3. The zero-order valence-corrected chi connectivity index (χ0v) is 37.0. The molecule has 0 unspecified atom stereocenters. The molecule has 0 fully saturated rings. The second-order valence-electron chi connectivity index (χ2n) is 21.4. The Hall–Kier alpha value is -5.32. The molecular formula is C56H51BN2S. The van der Waals surface area contributed by atoms with Crippen LogP contribution in [-0.2, 0) is 21.7 Å². The highest BCUT2D eigenvalue weighted by Gasteiger charge is 2.47. The fraction of sp³-hybridized carbons (Fsp3) is 0.286. The first kappa shape index (κ1) is 35.4. The molecule has 4 heterocycles. The number of para-hydroxylation sites is 1. The highest BCUT2D eigenvalue weighted by atomic mass is 32.1. The van der Waals surface area contributed by atoms with E-state index in [1.807, 2.05) is 0 Å². The van der Waals surface area contributed by atoms with E-state index in [0.29, 0.717) is 0 Å². The number of thiophene rings is 1. The Kier molecular flexibility index (Phi) is 6.69. The summed E-state index contributed by atoms with van der Waals surface area (Å²) in [7, 11) is 0. The Labute approximate surface area is 357 Å². The van der Waals surface area contributed by atoms with Gasteiger partial charge in [-0.15, -0.1) is 11.3 Å². The Morgan fingerprint density at radius 3 is 1.92 bits per heavy atom. The van der Waals surface area contributed by atoms with Crippen LogP contribution in [0.3, 0.4) is 0 Å². The summed E-state index contributed by atoms with van der Waals surface area (Å²) in [5.41, 5.74) is 17.4. The largest absolute Gasteiger partial charge is 0.375 e. The minimum absolute atomic E-state index is 0.0189. The molecule has 2 aromatic heterocycles. The van der Waals surface area contributed by atoms with Gasteiger partial charge in [-0.1, -0.05) is 134 Å². The molecule has 0 saturated heterocycles. The minimum Gasteiger partial charge on any atom is -0.375 e. The zero-order chi connectivity index (χ0) is 40.8. The van der Waals surface area contributed by atoms with Crippen molar-refractivity contribution in [2.75, 3.05) is 4.90 Å². The van der Waals surface area contributed by atoms with Crippen molar-refractivity contribution >= 4 is 98.9 Å². The maximum absolute atomic E-state index is 2.77. The maximum Gasteiger partial charge on any atom is 0.343 e. The summed E-state index contributed by atoms with van der Waals surface area (Å²) in [6.45, 7) is 19.8. The third-order valence-corrected chi connectivity index (χ3v) is 17.2. The number of benzene rings is 7. The molecule has 2 aliphatic carbocycles. The topological polar surface area (TPSA) is 8.17 Å². The Bertz CT molecular complexity index is 3410. The predicted molar refractivity (Wildman–Crippen MR) is 261 cm³/mol. The molecular weight excluding hydrogens is 744 g/mol. The van der Waals surface area contributed by atoms with Gasteiger partial charge in [-0.25, -0.2) is 0 Å². The summed E-state index contributed by atoms with van der Waals surface area (Å²) in [6, 6.07) is 45.4. The van der Waals surface area contributed by atoms with Crippen LogP contribution >= 0.6 is 11.3 Å². The van der Waals surface area contributed by atoms with Crippen molar-refractivity contribution in [1.29, 1.82) is 0 Å². The van der Waals surface area contributed by atoms with Gasteiger partial charge in [-0.3, -0.25) is 0 Å². The van der Waals surface area contributed by atoms with Crippen molar-refractivity contribution in [1.82, 2.24) is 4.48 Å². The summed E-state index contributed by atoms with van der Waals surface area (Å²) >= 11 is 2.06. The Morgan fingerprint density at radius 1 is 0.533 bits per heavy atom. The lowest BCUT2D eigenvalue weighted by Crippen LogP contribution is -2.55. The molecule has 4 aliphatic rings. The molecule has 0 atom stereocenters. The summed E-state index contributed by atoms with van der Waals surface area (Å²) < 4.78 is 5.63. The average molecular weight is 795 g/mol. The number of rotatable bonds is 1. The first-order valence-electron chi connectivity index (χ1n) is 22.3. The van der Waals surface area contributed by atoms with E-state index in [1.54, 1.807) is 0 Å². The number of nitrogens with zero attached hydrogens (tertiary/aromatic N) is 2. The summed E-state index contributed by atoms with van der Waals surface area (Å²) in [4.78, 5) is 2.73. The van der Waals surface area contributed by atoms with E-state index < -0.39 is 0 Å². The van der Waals surface area contributed by atoms with Crippen molar-refractivity contribution in [3.8, 4) is 11.1 Å². The van der Waals surface area contributed by atoms with Gasteiger partial charge in [0.2, 0.25) is 0 Å². The summed E-state index contributed by atoms with van der Waals surface area (Å²) in [5.74, 6) is 0. The van der Waals surface area contributed by atoms with Gasteiger partial charge in [0.25, 0.3) is 0 Å². The van der Waals surface area contributed by atoms with E-state index in [9.17, 15) is 0 Å². The van der Waals surface area contributed by atoms with Gasteiger partial charge in [0.15, 0.2) is 0 Å². The lowest BCUT2D eigenvalue weighted by molar-refractivity contribution is 0.332. The first-order chi connectivity index (χ1) is 28.7. The quantitative estimate of drug-likeness (QED) is 0.150. The van der Waals surface area contributed by atoms with Crippen LogP contribution in [0, 0.1) is 0 Å². The average Bonchev–Trinajstić information content (AvgIpc) is 3.78. The number of hydrogen-bond donors (Lipinski definition) is 0.